The first kappa shape index (κ1) is 56.7. The summed E-state index contributed by atoms with van der Waals surface area (Å²) in [7, 11) is -16.1. The molecule has 0 aromatic heterocycles. The van der Waals surface area contributed by atoms with E-state index in [0.29, 0.717) is 84.5 Å². The Morgan fingerprint density at radius 2 is 0.929 bits per heavy atom. The SMILES string of the molecule is COc1ccc(Oc2ccc(C(=O)c3ccc(Oc4ccc(Oc5ccc(S(=O)(=O)c6ccc(C)c(SOOO)c6)cc5S(=O)(=O)O)cc4P4(=O)Oc5ccccc5-c5ccccc54)cc3)cc2)cc1P1(=O)Oc2ccccc2-c2ccccc21. The normalized spacial score (nSPS) is 15.8. The van der Waals surface area contributed by atoms with Crippen molar-refractivity contribution in [1.82, 2.24) is 0 Å². The molecule has 2 heterocycles. The van der Waals surface area contributed by atoms with Gasteiger partial charge >= 0.3 is 14.7 Å². The summed E-state index contributed by atoms with van der Waals surface area (Å²) in [5, 5.41) is 13.4. The van der Waals surface area contributed by atoms with Gasteiger partial charge in [0.05, 0.1) is 50.2 Å². The molecular formula is C63H44O17P2S3. The van der Waals surface area contributed by atoms with Gasteiger partial charge in [0.2, 0.25) is 9.84 Å². The van der Waals surface area contributed by atoms with Crippen molar-refractivity contribution < 1.29 is 77.9 Å². The Kier molecular flexibility index (Phi) is 15.1. The monoisotopic (exact) mass is 1230 g/mol. The number of benzene rings is 10. The Morgan fingerprint density at radius 3 is 1.48 bits per heavy atom. The van der Waals surface area contributed by atoms with Gasteiger partial charge in [-0.05, 0) is 163 Å². The van der Waals surface area contributed by atoms with Crippen LogP contribution in [0.3, 0.4) is 0 Å². The first-order valence-corrected chi connectivity index (χ1v) is 32.6. The molecule has 85 heavy (non-hydrogen) atoms. The maximum absolute atomic E-state index is 15.8. The molecule has 426 valence electrons. The van der Waals surface area contributed by atoms with Gasteiger partial charge in [0.15, 0.2) is 5.78 Å². The molecule has 22 heteroatoms. The number of hydrogen-bond acceptors (Lipinski definition) is 17. The first-order chi connectivity index (χ1) is 40.9. The van der Waals surface area contributed by atoms with Crippen molar-refractivity contribution in [2.75, 3.05) is 7.11 Å². The average molecular weight is 1230 g/mol. The van der Waals surface area contributed by atoms with E-state index in [9.17, 15) is 26.2 Å². The van der Waals surface area contributed by atoms with Gasteiger partial charge in [0.1, 0.15) is 56.6 Å². The Bertz CT molecular complexity index is 4650. The standard InChI is InChI=1S/C63H44O17P2S3/c1-39-19-30-46(37-61(39)83-80-79-65)84(68,69)47-31-34-56(62(38-47)85(70,71)72)76-45-29-33-55(60(36-45)82(67)58-18-10-6-14-51(58)49-12-4-8-16-53(49)78-82)75-43-26-22-41(23-27-43)63(64)40-20-24-42(25-21-40)74-44-28-32-54(73-2)59(35-44)81(66)57-17-9-5-13-50(57)48-11-3-7-15-52(48)77-81/h3-38,65H,1-2H3,(H,70,71,72). The van der Waals surface area contributed by atoms with Crippen LogP contribution in [-0.4, -0.2) is 39.5 Å². The molecule has 0 saturated carbocycles. The highest BCUT2D eigenvalue weighted by atomic mass is 32.2. The van der Waals surface area contributed by atoms with E-state index < -0.39 is 50.2 Å². The number of aryl methyl sites for hydroxylation is 1. The van der Waals surface area contributed by atoms with E-state index in [1.807, 2.05) is 48.5 Å². The fraction of sp³-hybridized carbons (Fsp3) is 0.0317. The topological polar surface area (TPSA) is 234 Å². The van der Waals surface area contributed by atoms with Gasteiger partial charge in [0, 0.05) is 27.1 Å². The van der Waals surface area contributed by atoms with E-state index in [4.69, 9.17) is 33.3 Å². The van der Waals surface area contributed by atoms with Crippen LogP contribution in [0.5, 0.6) is 51.7 Å². The van der Waals surface area contributed by atoms with Crippen molar-refractivity contribution >= 4 is 73.7 Å². The summed E-state index contributed by atoms with van der Waals surface area (Å²) in [6.07, 6.45) is 0. The van der Waals surface area contributed by atoms with Crippen molar-refractivity contribution in [3.8, 4) is 74.0 Å². The molecule has 2 atom stereocenters. The minimum atomic E-state index is -5.18. The van der Waals surface area contributed by atoms with Crippen molar-refractivity contribution in [1.29, 1.82) is 0 Å². The molecule has 0 saturated heterocycles. The van der Waals surface area contributed by atoms with Crippen LogP contribution in [-0.2, 0) is 38.5 Å². The molecule has 0 amide bonds. The average Bonchev–Trinajstić information content (AvgIpc) is 0.967. The number of rotatable bonds is 17. The maximum atomic E-state index is 15.8. The van der Waals surface area contributed by atoms with Crippen LogP contribution in [0, 0.1) is 6.92 Å². The van der Waals surface area contributed by atoms with Gasteiger partial charge in [-0.15, -0.1) is 4.33 Å². The third kappa shape index (κ3) is 10.8. The number of hydrogen-bond donors (Lipinski definition) is 2. The minimum Gasteiger partial charge on any atom is -0.496 e. The lowest BCUT2D eigenvalue weighted by Gasteiger charge is -2.30. The molecule has 0 spiro atoms. The number of sulfone groups is 1. The second-order valence-electron chi connectivity index (χ2n) is 19.2. The quantitative estimate of drug-likeness (QED) is 0.0215. The van der Waals surface area contributed by atoms with Crippen LogP contribution in [0.4, 0.5) is 0 Å². The molecule has 2 N–H and O–H groups in total. The summed E-state index contributed by atoms with van der Waals surface area (Å²) in [5.41, 5.74) is 4.12. The van der Waals surface area contributed by atoms with Crippen LogP contribution in [0.25, 0.3) is 22.3 Å². The predicted molar refractivity (Wildman–Crippen MR) is 318 cm³/mol. The molecule has 2 unspecified atom stereocenters. The van der Waals surface area contributed by atoms with Gasteiger partial charge in [-0.2, -0.15) is 8.42 Å². The summed E-state index contributed by atoms with van der Waals surface area (Å²) in [6, 6.07) is 57.6. The minimum absolute atomic E-state index is 0.0240. The Balaban J connectivity index is 0.818. The Hall–Kier alpha value is -8.78. The van der Waals surface area contributed by atoms with Crippen LogP contribution < -0.4 is 49.2 Å². The third-order valence-electron chi connectivity index (χ3n) is 14.0. The Morgan fingerprint density at radius 1 is 0.482 bits per heavy atom. The van der Waals surface area contributed by atoms with Gasteiger partial charge in [-0.1, -0.05) is 83.9 Å². The number of methoxy groups -OCH3 is 1. The van der Waals surface area contributed by atoms with Crippen molar-refractivity contribution in [3.05, 3.63) is 235 Å². The van der Waals surface area contributed by atoms with E-state index in [-0.39, 0.29) is 38.1 Å². The molecule has 0 fully saturated rings. The third-order valence-corrected chi connectivity index (χ3v) is 22.3. The number of ketones is 1. The zero-order chi connectivity index (χ0) is 59.3. The van der Waals surface area contributed by atoms with Crippen molar-refractivity contribution in [2.24, 2.45) is 0 Å². The molecule has 0 radical (unpaired) electrons. The maximum Gasteiger partial charge on any atom is 0.311 e. The largest absolute Gasteiger partial charge is 0.496 e. The number of para-hydroxylation sites is 2. The van der Waals surface area contributed by atoms with Crippen LogP contribution in [0.1, 0.15) is 21.5 Å². The molecule has 2 aliphatic heterocycles. The smallest absolute Gasteiger partial charge is 0.311 e. The lowest BCUT2D eigenvalue weighted by atomic mass is 10.0. The molecule has 17 nitrogen and oxygen atoms in total. The summed E-state index contributed by atoms with van der Waals surface area (Å²) < 4.78 is 137. The van der Waals surface area contributed by atoms with Crippen LogP contribution >= 0.6 is 26.8 Å². The molecule has 10 aromatic rings. The molecule has 12 rings (SSSR count). The number of fused-ring (bicyclic) bond motifs is 6. The summed E-state index contributed by atoms with van der Waals surface area (Å²) >= 11 is 0.536. The van der Waals surface area contributed by atoms with Crippen molar-refractivity contribution in [2.45, 2.75) is 26.5 Å². The van der Waals surface area contributed by atoms with Crippen LogP contribution in [0.2, 0.25) is 0 Å². The van der Waals surface area contributed by atoms with Gasteiger partial charge in [0.25, 0.3) is 10.1 Å². The van der Waals surface area contributed by atoms with E-state index >= 15 is 9.13 Å². The highest BCUT2D eigenvalue weighted by Crippen LogP contribution is 2.57. The highest BCUT2D eigenvalue weighted by molar-refractivity contribution is 7.94. The highest BCUT2D eigenvalue weighted by Gasteiger charge is 2.42. The molecule has 2 aliphatic rings. The number of carbonyl (C=O) groups is 1. The molecular weight excluding hydrogens is 1190 g/mol. The van der Waals surface area contributed by atoms with Crippen LogP contribution in [0.15, 0.2) is 238 Å². The van der Waals surface area contributed by atoms with Gasteiger partial charge < -0.3 is 28.0 Å². The first-order valence-electron chi connectivity index (χ1n) is 25.7. The molecule has 0 aliphatic carbocycles. The second-order valence-corrected chi connectivity index (χ2v) is 27.8. The molecule has 0 bridgehead atoms. The van der Waals surface area contributed by atoms with Gasteiger partial charge in [-0.3, -0.25) is 18.5 Å². The molecule has 10 aromatic carbocycles. The lowest BCUT2D eigenvalue weighted by Crippen LogP contribution is -2.26. The number of carbonyl (C=O) groups excluding carboxylic acids is 1. The van der Waals surface area contributed by atoms with E-state index in [0.717, 1.165) is 29.3 Å². The van der Waals surface area contributed by atoms with E-state index in [2.05, 4.69) is 9.37 Å². The Labute approximate surface area is 491 Å². The second kappa shape index (κ2) is 22.7. The summed E-state index contributed by atoms with van der Waals surface area (Å²) in [6.45, 7) is 1.65. The fourth-order valence-electron chi connectivity index (χ4n) is 9.90. The van der Waals surface area contributed by atoms with E-state index in [1.165, 1.54) is 43.5 Å². The number of ether oxygens (including phenoxy) is 4. The van der Waals surface area contributed by atoms with Gasteiger partial charge in [-0.25, -0.2) is 13.7 Å². The summed E-state index contributed by atoms with van der Waals surface area (Å²) in [5.74, 6) is 1.21. The van der Waals surface area contributed by atoms with E-state index in [1.54, 1.807) is 122 Å². The zero-order valence-corrected chi connectivity index (χ0v) is 48.7. The zero-order valence-electron chi connectivity index (χ0n) is 44.4. The summed E-state index contributed by atoms with van der Waals surface area (Å²) in [4.78, 5) is 12.5. The predicted octanol–water partition coefficient (Wildman–Crippen LogP) is 13.7. The van der Waals surface area contributed by atoms with Crippen molar-refractivity contribution in [3.63, 3.8) is 0 Å². The lowest BCUT2D eigenvalue weighted by molar-refractivity contribution is -0.432. The fourth-order valence-corrected chi connectivity index (χ4v) is 17.3.